The van der Waals surface area contributed by atoms with Crippen molar-refractivity contribution in [2.45, 2.75) is 39.4 Å². The first kappa shape index (κ1) is 14.3. The lowest BCUT2D eigenvalue weighted by molar-refractivity contribution is -0.142. The van der Waals surface area contributed by atoms with E-state index in [1.807, 2.05) is 5.38 Å². The van der Waals surface area contributed by atoms with Gasteiger partial charge in [-0.25, -0.2) is 4.98 Å². The predicted octanol–water partition coefficient (Wildman–Crippen LogP) is 1.86. The molecule has 0 aliphatic carbocycles. The molecule has 0 radical (unpaired) electrons. The van der Waals surface area contributed by atoms with E-state index in [1.54, 1.807) is 18.3 Å². The quantitative estimate of drug-likeness (QED) is 0.790. The molecular weight excluding hydrogens is 264 g/mol. The van der Waals surface area contributed by atoms with Crippen LogP contribution in [-0.4, -0.2) is 42.9 Å². The van der Waals surface area contributed by atoms with E-state index in [1.165, 1.54) is 0 Å². The fraction of sp³-hybridized carbons (Fsp3) is 0.692. The molecule has 1 aliphatic heterocycles. The molecule has 0 unspecified atom stereocenters. The van der Waals surface area contributed by atoms with Crippen molar-refractivity contribution in [3.63, 3.8) is 0 Å². The lowest BCUT2D eigenvalue weighted by Crippen LogP contribution is -2.45. The largest absolute Gasteiger partial charge is 0.466 e. The fourth-order valence-electron chi connectivity index (χ4n) is 2.22. The minimum absolute atomic E-state index is 0.209. The molecule has 19 heavy (non-hydrogen) atoms. The molecule has 6 heteroatoms. The maximum Gasteiger partial charge on any atom is 0.311 e. The highest BCUT2D eigenvalue weighted by atomic mass is 32.1. The third-order valence-corrected chi connectivity index (χ3v) is 3.81. The number of ether oxygens (including phenoxy) is 2. The predicted molar refractivity (Wildman–Crippen MR) is 74.7 cm³/mol. The van der Waals surface area contributed by atoms with Gasteiger partial charge in [-0.1, -0.05) is 0 Å². The molecule has 0 N–H and O–H groups in total. The number of anilines is 1. The summed E-state index contributed by atoms with van der Waals surface area (Å²) in [6.07, 6.45) is 0.669. The third kappa shape index (κ3) is 3.91. The zero-order valence-electron chi connectivity index (χ0n) is 11.6. The van der Waals surface area contributed by atoms with Gasteiger partial charge < -0.3 is 14.4 Å². The summed E-state index contributed by atoms with van der Waals surface area (Å²) in [6, 6.07) is 0. The standard InChI is InChI=1S/C13H20N2O3S/c1-4-17-12(16)5-11-8-19-13(14-11)15-6-9(2)18-10(3)7-15/h8-10H,4-7H2,1-3H3/t9-,10+. The number of carbonyl (C=O) groups excluding carboxylic acids is 1. The Kier molecular flexibility index (Phi) is 4.76. The molecule has 0 amide bonds. The number of hydrogen-bond acceptors (Lipinski definition) is 6. The van der Waals surface area contributed by atoms with Gasteiger partial charge in [0.25, 0.3) is 0 Å². The highest BCUT2D eigenvalue weighted by Crippen LogP contribution is 2.24. The van der Waals surface area contributed by atoms with Gasteiger partial charge in [0.05, 0.1) is 30.9 Å². The first-order valence-electron chi connectivity index (χ1n) is 6.59. The first-order valence-corrected chi connectivity index (χ1v) is 7.47. The van der Waals surface area contributed by atoms with E-state index in [-0.39, 0.29) is 24.6 Å². The van der Waals surface area contributed by atoms with Gasteiger partial charge in [0.15, 0.2) is 5.13 Å². The van der Waals surface area contributed by atoms with E-state index >= 15 is 0 Å². The molecule has 0 spiro atoms. The Morgan fingerprint density at radius 3 is 2.84 bits per heavy atom. The van der Waals surface area contributed by atoms with Crippen molar-refractivity contribution in [3.05, 3.63) is 11.1 Å². The van der Waals surface area contributed by atoms with Crippen LogP contribution >= 0.6 is 11.3 Å². The molecule has 0 saturated carbocycles. The summed E-state index contributed by atoms with van der Waals surface area (Å²) in [5.74, 6) is -0.219. The molecule has 1 aliphatic rings. The molecule has 2 rings (SSSR count). The van der Waals surface area contributed by atoms with E-state index in [4.69, 9.17) is 9.47 Å². The Hall–Kier alpha value is -1.14. The molecule has 106 valence electrons. The van der Waals surface area contributed by atoms with Crippen LogP contribution in [0.3, 0.4) is 0 Å². The van der Waals surface area contributed by atoms with Crippen molar-refractivity contribution >= 4 is 22.4 Å². The molecular formula is C13H20N2O3S. The molecule has 1 fully saturated rings. The zero-order chi connectivity index (χ0) is 13.8. The van der Waals surface area contributed by atoms with E-state index in [0.717, 1.165) is 23.9 Å². The highest BCUT2D eigenvalue weighted by molar-refractivity contribution is 7.13. The second-order valence-electron chi connectivity index (χ2n) is 4.77. The monoisotopic (exact) mass is 284 g/mol. The summed E-state index contributed by atoms with van der Waals surface area (Å²) >= 11 is 1.57. The van der Waals surface area contributed by atoms with Crippen LogP contribution < -0.4 is 4.90 Å². The zero-order valence-corrected chi connectivity index (χ0v) is 12.4. The molecule has 1 saturated heterocycles. The Labute approximate surface area is 117 Å². The smallest absolute Gasteiger partial charge is 0.311 e. The Balaban J connectivity index is 1.98. The summed E-state index contributed by atoms with van der Waals surface area (Å²) in [5.41, 5.74) is 0.783. The number of nitrogens with zero attached hydrogens (tertiary/aromatic N) is 2. The van der Waals surface area contributed by atoms with Crippen molar-refractivity contribution in [2.24, 2.45) is 0 Å². The van der Waals surface area contributed by atoms with Gasteiger partial charge >= 0.3 is 5.97 Å². The summed E-state index contributed by atoms with van der Waals surface area (Å²) in [6.45, 7) is 8.04. The van der Waals surface area contributed by atoms with Crippen molar-refractivity contribution < 1.29 is 14.3 Å². The Morgan fingerprint density at radius 2 is 2.21 bits per heavy atom. The van der Waals surface area contributed by atoms with Crippen LogP contribution in [0.2, 0.25) is 0 Å². The van der Waals surface area contributed by atoms with E-state index in [9.17, 15) is 4.79 Å². The average Bonchev–Trinajstić information content (AvgIpc) is 2.76. The van der Waals surface area contributed by atoms with Crippen LogP contribution in [0.4, 0.5) is 5.13 Å². The van der Waals surface area contributed by atoms with Crippen LogP contribution in [-0.2, 0) is 20.7 Å². The Morgan fingerprint density at radius 1 is 1.53 bits per heavy atom. The second-order valence-corrected chi connectivity index (χ2v) is 5.60. The number of thiazole rings is 1. The van der Waals surface area contributed by atoms with Gasteiger partial charge in [0.1, 0.15) is 0 Å². The topological polar surface area (TPSA) is 51.7 Å². The molecule has 1 aromatic heterocycles. The van der Waals surface area contributed by atoms with E-state index in [0.29, 0.717) is 6.61 Å². The summed E-state index contributed by atoms with van der Waals surface area (Å²) in [5, 5.41) is 2.89. The lowest BCUT2D eigenvalue weighted by atomic mass is 10.2. The van der Waals surface area contributed by atoms with Gasteiger partial charge in [0, 0.05) is 18.5 Å². The molecule has 2 atom stereocenters. The van der Waals surface area contributed by atoms with Crippen LogP contribution in [0.15, 0.2) is 5.38 Å². The third-order valence-electron chi connectivity index (χ3n) is 2.86. The highest BCUT2D eigenvalue weighted by Gasteiger charge is 2.24. The van der Waals surface area contributed by atoms with Crippen LogP contribution in [0.5, 0.6) is 0 Å². The average molecular weight is 284 g/mol. The van der Waals surface area contributed by atoms with Crippen LogP contribution in [0.1, 0.15) is 26.5 Å². The maximum absolute atomic E-state index is 11.4. The SMILES string of the molecule is CCOC(=O)Cc1csc(N2C[C@@H](C)O[C@@H](C)C2)n1. The van der Waals surface area contributed by atoms with Crippen molar-refractivity contribution in [1.82, 2.24) is 4.98 Å². The molecule has 5 nitrogen and oxygen atoms in total. The van der Waals surface area contributed by atoms with Gasteiger partial charge in [0.2, 0.25) is 0 Å². The second kappa shape index (κ2) is 6.34. The minimum Gasteiger partial charge on any atom is -0.466 e. The number of aromatic nitrogens is 1. The molecule has 0 aromatic carbocycles. The first-order chi connectivity index (χ1) is 9.08. The maximum atomic E-state index is 11.4. The van der Waals surface area contributed by atoms with Crippen molar-refractivity contribution in [1.29, 1.82) is 0 Å². The minimum atomic E-state index is -0.219. The number of hydrogen-bond donors (Lipinski definition) is 0. The lowest BCUT2D eigenvalue weighted by Gasteiger charge is -2.35. The number of morpholine rings is 1. The van der Waals surface area contributed by atoms with Crippen LogP contribution in [0.25, 0.3) is 0 Å². The van der Waals surface area contributed by atoms with Crippen molar-refractivity contribution in [3.8, 4) is 0 Å². The number of esters is 1. The number of rotatable bonds is 4. The van der Waals surface area contributed by atoms with Gasteiger partial charge in [-0.3, -0.25) is 4.79 Å². The summed E-state index contributed by atoms with van der Waals surface area (Å²) in [4.78, 5) is 18.1. The van der Waals surface area contributed by atoms with E-state index in [2.05, 4.69) is 23.7 Å². The van der Waals surface area contributed by atoms with Crippen molar-refractivity contribution in [2.75, 3.05) is 24.6 Å². The van der Waals surface area contributed by atoms with Gasteiger partial charge in [-0.05, 0) is 20.8 Å². The van der Waals surface area contributed by atoms with Gasteiger partial charge in [-0.15, -0.1) is 11.3 Å². The normalized spacial score (nSPS) is 23.4. The van der Waals surface area contributed by atoms with E-state index < -0.39 is 0 Å². The van der Waals surface area contributed by atoms with Crippen LogP contribution in [0, 0.1) is 0 Å². The molecule has 0 bridgehead atoms. The Bertz CT molecular complexity index is 425. The van der Waals surface area contributed by atoms with Gasteiger partial charge in [-0.2, -0.15) is 0 Å². The molecule has 1 aromatic rings. The number of carbonyl (C=O) groups is 1. The summed E-state index contributed by atoms with van der Waals surface area (Å²) in [7, 11) is 0. The summed E-state index contributed by atoms with van der Waals surface area (Å²) < 4.78 is 10.6. The molecule has 2 heterocycles. The fourth-order valence-corrected chi connectivity index (χ4v) is 3.06.